The Morgan fingerprint density at radius 2 is 2.11 bits per heavy atom. The van der Waals surface area contributed by atoms with Crippen LogP contribution < -0.4 is 5.73 Å². The SMILES string of the molecule is CCCn1cc(N)cc1C(=O)N1CC2CCC(C1)O2. The maximum absolute atomic E-state index is 12.6. The van der Waals surface area contributed by atoms with Gasteiger partial charge in [0.05, 0.1) is 17.9 Å². The zero-order valence-corrected chi connectivity index (χ0v) is 11.3. The highest BCUT2D eigenvalue weighted by atomic mass is 16.5. The first-order chi connectivity index (χ1) is 9.17. The smallest absolute Gasteiger partial charge is 0.270 e. The number of aryl methyl sites for hydroxylation is 1. The number of ether oxygens (including phenoxy) is 1. The molecule has 0 saturated carbocycles. The van der Waals surface area contributed by atoms with E-state index in [2.05, 4.69) is 6.92 Å². The lowest BCUT2D eigenvalue weighted by Gasteiger charge is -2.32. The zero-order chi connectivity index (χ0) is 13.4. The van der Waals surface area contributed by atoms with Gasteiger partial charge in [0.15, 0.2) is 0 Å². The Morgan fingerprint density at radius 3 is 2.74 bits per heavy atom. The topological polar surface area (TPSA) is 60.5 Å². The van der Waals surface area contributed by atoms with Gasteiger partial charge in [0.1, 0.15) is 5.69 Å². The van der Waals surface area contributed by atoms with Gasteiger partial charge >= 0.3 is 0 Å². The highest BCUT2D eigenvalue weighted by molar-refractivity contribution is 5.94. The summed E-state index contributed by atoms with van der Waals surface area (Å²) in [6, 6.07) is 1.79. The number of hydrogen-bond acceptors (Lipinski definition) is 3. The summed E-state index contributed by atoms with van der Waals surface area (Å²) in [6.07, 6.45) is 5.46. The van der Waals surface area contributed by atoms with Crippen LogP contribution in [0.3, 0.4) is 0 Å². The van der Waals surface area contributed by atoms with Crippen LogP contribution in [0.25, 0.3) is 0 Å². The molecule has 19 heavy (non-hydrogen) atoms. The van der Waals surface area contributed by atoms with E-state index >= 15 is 0 Å². The first-order valence-electron chi connectivity index (χ1n) is 7.07. The Labute approximate surface area is 113 Å². The number of fused-ring (bicyclic) bond motifs is 2. The molecule has 0 aliphatic carbocycles. The van der Waals surface area contributed by atoms with Crippen molar-refractivity contribution in [2.24, 2.45) is 0 Å². The predicted molar refractivity (Wildman–Crippen MR) is 72.9 cm³/mol. The number of nitrogens with two attached hydrogens (primary N) is 1. The lowest BCUT2D eigenvalue weighted by molar-refractivity contribution is -0.0306. The molecule has 2 N–H and O–H groups in total. The summed E-state index contributed by atoms with van der Waals surface area (Å²) in [5.74, 6) is 0.0883. The molecular formula is C14H21N3O2. The summed E-state index contributed by atoms with van der Waals surface area (Å²) in [5.41, 5.74) is 7.20. The minimum Gasteiger partial charge on any atom is -0.397 e. The van der Waals surface area contributed by atoms with Crippen LogP contribution in [0.1, 0.15) is 36.7 Å². The number of carbonyl (C=O) groups excluding carboxylic acids is 1. The Morgan fingerprint density at radius 1 is 1.42 bits per heavy atom. The number of nitrogen functional groups attached to an aromatic ring is 1. The average molecular weight is 263 g/mol. The van der Waals surface area contributed by atoms with E-state index in [0.717, 1.165) is 25.8 Å². The number of morpholine rings is 1. The van der Waals surface area contributed by atoms with Crippen LogP contribution in [-0.4, -0.2) is 40.7 Å². The van der Waals surface area contributed by atoms with E-state index in [1.807, 2.05) is 15.7 Å². The van der Waals surface area contributed by atoms with Crippen LogP contribution in [-0.2, 0) is 11.3 Å². The maximum atomic E-state index is 12.6. The molecule has 2 atom stereocenters. The van der Waals surface area contributed by atoms with Gasteiger partial charge in [0.25, 0.3) is 5.91 Å². The van der Waals surface area contributed by atoms with Crippen molar-refractivity contribution in [1.82, 2.24) is 9.47 Å². The van der Waals surface area contributed by atoms with Crippen molar-refractivity contribution in [2.45, 2.75) is 44.9 Å². The maximum Gasteiger partial charge on any atom is 0.270 e. The zero-order valence-electron chi connectivity index (χ0n) is 11.3. The fraction of sp³-hybridized carbons (Fsp3) is 0.643. The van der Waals surface area contributed by atoms with E-state index in [1.165, 1.54) is 0 Å². The van der Waals surface area contributed by atoms with Crippen molar-refractivity contribution in [2.75, 3.05) is 18.8 Å². The number of hydrogen-bond donors (Lipinski definition) is 1. The van der Waals surface area contributed by atoms with Crippen molar-refractivity contribution >= 4 is 11.6 Å². The number of amides is 1. The molecule has 2 unspecified atom stereocenters. The van der Waals surface area contributed by atoms with Gasteiger partial charge in [-0.05, 0) is 25.3 Å². The van der Waals surface area contributed by atoms with Gasteiger partial charge in [-0.2, -0.15) is 0 Å². The van der Waals surface area contributed by atoms with Crippen LogP contribution in [0, 0.1) is 0 Å². The van der Waals surface area contributed by atoms with E-state index in [1.54, 1.807) is 6.07 Å². The quantitative estimate of drug-likeness (QED) is 0.898. The molecule has 2 aliphatic heterocycles. The van der Waals surface area contributed by atoms with Gasteiger partial charge < -0.3 is 19.9 Å². The third-order valence-corrected chi connectivity index (χ3v) is 3.93. The highest BCUT2D eigenvalue weighted by Crippen LogP contribution is 2.27. The van der Waals surface area contributed by atoms with Crippen molar-refractivity contribution in [3.05, 3.63) is 18.0 Å². The molecular weight excluding hydrogens is 242 g/mol. The molecule has 0 radical (unpaired) electrons. The van der Waals surface area contributed by atoms with Crippen molar-refractivity contribution in [1.29, 1.82) is 0 Å². The third-order valence-electron chi connectivity index (χ3n) is 3.93. The van der Waals surface area contributed by atoms with Crippen LogP contribution in [0.4, 0.5) is 5.69 Å². The molecule has 1 aromatic heterocycles. The largest absolute Gasteiger partial charge is 0.397 e. The second kappa shape index (κ2) is 4.89. The van der Waals surface area contributed by atoms with Crippen molar-refractivity contribution in [3.63, 3.8) is 0 Å². The molecule has 104 valence electrons. The van der Waals surface area contributed by atoms with E-state index in [9.17, 15) is 4.79 Å². The average Bonchev–Trinajstić information content (AvgIpc) is 2.92. The summed E-state index contributed by atoms with van der Waals surface area (Å²) in [6.45, 7) is 4.36. The fourth-order valence-electron chi connectivity index (χ4n) is 3.08. The molecule has 2 bridgehead atoms. The second-order valence-corrected chi connectivity index (χ2v) is 5.52. The van der Waals surface area contributed by atoms with Gasteiger partial charge in [0.2, 0.25) is 0 Å². The standard InChI is InChI=1S/C14H21N3O2/c1-2-5-16-7-10(15)6-13(16)14(18)17-8-11-3-4-12(9-17)19-11/h6-7,11-12H,2-5,8-9,15H2,1H3. The summed E-state index contributed by atoms with van der Waals surface area (Å²) in [4.78, 5) is 14.5. The predicted octanol–water partition coefficient (Wildman–Crippen LogP) is 1.48. The molecule has 5 nitrogen and oxygen atoms in total. The number of carbonyl (C=O) groups is 1. The molecule has 1 amide bonds. The van der Waals surface area contributed by atoms with E-state index in [-0.39, 0.29) is 18.1 Å². The Kier molecular flexibility index (Phi) is 3.22. The van der Waals surface area contributed by atoms with Gasteiger partial charge in [-0.25, -0.2) is 0 Å². The van der Waals surface area contributed by atoms with Gasteiger partial charge in [-0.1, -0.05) is 6.92 Å². The van der Waals surface area contributed by atoms with Crippen LogP contribution >= 0.6 is 0 Å². The van der Waals surface area contributed by atoms with Gasteiger partial charge in [-0.15, -0.1) is 0 Å². The lowest BCUT2D eigenvalue weighted by atomic mass is 10.2. The van der Waals surface area contributed by atoms with Crippen LogP contribution in [0.2, 0.25) is 0 Å². The Hall–Kier alpha value is -1.49. The molecule has 0 spiro atoms. The highest BCUT2D eigenvalue weighted by Gasteiger charge is 2.36. The Bertz CT molecular complexity index is 471. The van der Waals surface area contributed by atoms with E-state index in [4.69, 9.17) is 10.5 Å². The van der Waals surface area contributed by atoms with Crippen molar-refractivity contribution in [3.8, 4) is 0 Å². The lowest BCUT2D eigenvalue weighted by Crippen LogP contribution is -2.46. The van der Waals surface area contributed by atoms with Gasteiger partial charge in [-0.3, -0.25) is 4.79 Å². The van der Waals surface area contributed by atoms with E-state index < -0.39 is 0 Å². The normalized spacial score (nSPS) is 25.8. The first-order valence-corrected chi connectivity index (χ1v) is 7.07. The molecule has 0 aromatic carbocycles. The molecule has 1 aromatic rings. The first kappa shape index (κ1) is 12.5. The summed E-state index contributed by atoms with van der Waals surface area (Å²) in [5, 5.41) is 0. The van der Waals surface area contributed by atoms with Crippen LogP contribution in [0.5, 0.6) is 0 Å². The third kappa shape index (κ3) is 2.34. The molecule has 2 saturated heterocycles. The minimum atomic E-state index is 0.0883. The molecule has 3 rings (SSSR count). The van der Waals surface area contributed by atoms with Crippen molar-refractivity contribution < 1.29 is 9.53 Å². The number of nitrogens with zero attached hydrogens (tertiary/aromatic N) is 2. The Balaban J connectivity index is 1.79. The molecule has 5 heteroatoms. The molecule has 3 heterocycles. The van der Waals surface area contributed by atoms with Crippen LogP contribution in [0.15, 0.2) is 12.3 Å². The number of likely N-dealkylation sites (tertiary alicyclic amines) is 1. The number of aromatic nitrogens is 1. The second-order valence-electron chi connectivity index (χ2n) is 5.52. The monoisotopic (exact) mass is 263 g/mol. The number of anilines is 1. The summed E-state index contributed by atoms with van der Waals surface area (Å²) >= 11 is 0. The molecule has 2 fully saturated rings. The summed E-state index contributed by atoms with van der Waals surface area (Å²) < 4.78 is 7.74. The fourth-order valence-corrected chi connectivity index (χ4v) is 3.08. The number of rotatable bonds is 3. The van der Waals surface area contributed by atoms with E-state index in [0.29, 0.717) is 24.5 Å². The van der Waals surface area contributed by atoms with Gasteiger partial charge in [0, 0.05) is 25.8 Å². The summed E-state index contributed by atoms with van der Waals surface area (Å²) in [7, 11) is 0. The molecule has 2 aliphatic rings. The minimum absolute atomic E-state index is 0.0883.